The summed E-state index contributed by atoms with van der Waals surface area (Å²) in [5.74, 6) is -0.208. The predicted molar refractivity (Wildman–Crippen MR) is 56.0 cm³/mol. The molecule has 2 heterocycles. The minimum Gasteiger partial charge on any atom is -0.387 e. The molecule has 6 heteroatoms. The van der Waals surface area contributed by atoms with E-state index in [0.29, 0.717) is 32.8 Å². The number of carbonyl (C=O) groups is 1. The van der Waals surface area contributed by atoms with Crippen LogP contribution in [0.25, 0.3) is 0 Å². The van der Waals surface area contributed by atoms with Gasteiger partial charge in [0.25, 0.3) is 5.91 Å². The summed E-state index contributed by atoms with van der Waals surface area (Å²) in [6.45, 7) is 2.85. The summed E-state index contributed by atoms with van der Waals surface area (Å²) in [6, 6.07) is 0. The van der Waals surface area contributed by atoms with Crippen LogP contribution in [0.3, 0.4) is 0 Å². The van der Waals surface area contributed by atoms with Crippen molar-refractivity contribution in [1.29, 1.82) is 0 Å². The lowest BCUT2D eigenvalue weighted by atomic mass is 10.0. The minimum atomic E-state index is -0.814. The summed E-state index contributed by atoms with van der Waals surface area (Å²) < 4.78 is 10.4. The first-order valence-corrected chi connectivity index (χ1v) is 5.60. The van der Waals surface area contributed by atoms with E-state index < -0.39 is 11.7 Å². The van der Waals surface area contributed by atoms with Gasteiger partial charge in [-0.3, -0.25) is 4.79 Å². The van der Waals surface area contributed by atoms with E-state index >= 15 is 0 Å². The Hall–Kier alpha value is -0.690. The van der Waals surface area contributed by atoms with E-state index in [-0.39, 0.29) is 12.5 Å². The molecule has 6 nitrogen and oxygen atoms in total. The van der Waals surface area contributed by atoms with Gasteiger partial charge in [-0.25, -0.2) is 0 Å². The molecule has 2 unspecified atom stereocenters. The maximum absolute atomic E-state index is 11.6. The topological polar surface area (TPSA) is 79.8 Å². The number of carbonyl (C=O) groups excluding carboxylic acids is 1. The number of aliphatic hydroxyl groups is 1. The van der Waals surface area contributed by atoms with Crippen molar-refractivity contribution in [3.63, 3.8) is 0 Å². The summed E-state index contributed by atoms with van der Waals surface area (Å²) in [4.78, 5) is 11.6. The van der Waals surface area contributed by atoms with E-state index in [1.807, 2.05) is 0 Å². The SMILES string of the molecule is O=C(NCC1(O)CCNC1)C1COCCO1. The lowest BCUT2D eigenvalue weighted by Gasteiger charge is -2.25. The molecule has 0 aromatic carbocycles. The van der Waals surface area contributed by atoms with Crippen molar-refractivity contribution < 1.29 is 19.4 Å². The van der Waals surface area contributed by atoms with Gasteiger partial charge in [-0.2, -0.15) is 0 Å². The van der Waals surface area contributed by atoms with E-state index in [0.717, 1.165) is 6.54 Å². The molecule has 0 saturated carbocycles. The number of nitrogens with one attached hydrogen (secondary N) is 2. The largest absolute Gasteiger partial charge is 0.387 e. The van der Waals surface area contributed by atoms with Crippen molar-refractivity contribution in [2.24, 2.45) is 0 Å². The van der Waals surface area contributed by atoms with Gasteiger partial charge in [-0.15, -0.1) is 0 Å². The number of hydrogen-bond donors (Lipinski definition) is 3. The molecular weight excluding hydrogens is 212 g/mol. The molecule has 1 amide bonds. The van der Waals surface area contributed by atoms with E-state index in [1.165, 1.54) is 0 Å². The highest BCUT2D eigenvalue weighted by Crippen LogP contribution is 2.12. The molecule has 2 saturated heterocycles. The number of amides is 1. The maximum atomic E-state index is 11.6. The molecule has 2 aliphatic heterocycles. The molecule has 3 N–H and O–H groups in total. The van der Waals surface area contributed by atoms with Crippen molar-refractivity contribution in [2.75, 3.05) is 39.5 Å². The molecule has 0 bridgehead atoms. The third kappa shape index (κ3) is 2.91. The molecule has 16 heavy (non-hydrogen) atoms. The van der Waals surface area contributed by atoms with Gasteiger partial charge in [0.15, 0.2) is 6.10 Å². The second-order valence-electron chi connectivity index (χ2n) is 4.30. The molecule has 92 valence electrons. The van der Waals surface area contributed by atoms with Gasteiger partial charge in [-0.1, -0.05) is 0 Å². The average molecular weight is 230 g/mol. The molecular formula is C10H18N2O4. The smallest absolute Gasteiger partial charge is 0.251 e. The zero-order valence-electron chi connectivity index (χ0n) is 9.20. The first-order valence-electron chi connectivity index (χ1n) is 5.60. The molecule has 0 spiro atoms. The fourth-order valence-electron chi connectivity index (χ4n) is 1.89. The first-order chi connectivity index (χ1) is 7.70. The van der Waals surface area contributed by atoms with Crippen LogP contribution >= 0.6 is 0 Å². The van der Waals surface area contributed by atoms with Crippen molar-refractivity contribution in [3.05, 3.63) is 0 Å². The second kappa shape index (κ2) is 5.09. The molecule has 0 radical (unpaired) electrons. The number of β-amino-alcohol motifs (C(OH)–C–C–N with tert-alkyl or cyclic N) is 1. The highest BCUT2D eigenvalue weighted by molar-refractivity contribution is 5.81. The third-order valence-corrected chi connectivity index (χ3v) is 2.92. The van der Waals surface area contributed by atoms with E-state index in [1.54, 1.807) is 0 Å². The fraction of sp³-hybridized carbons (Fsp3) is 0.900. The molecule has 2 rings (SSSR count). The van der Waals surface area contributed by atoms with Gasteiger partial charge in [0, 0.05) is 13.1 Å². The van der Waals surface area contributed by atoms with E-state index in [2.05, 4.69) is 10.6 Å². The quantitative estimate of drug-likeness (QED) is 0.535. The lowest BCUT2D eigenvalue weighted by molar-refractivity contribution is -0.148. The van der Waals surface area contributed by atoms with Crippen molar-refractivity contribution >= 4 is 5.91 Å². The van der Waals surface area contributed by atoms with Crippen LogP contribution in [0.15, 0.2) is 0 Å². The molecule has 2 aliphatic rings. The Labute approximate surface area is 94.3 Å². The van der Waals surface area contributed by atoms with Crippen LogP contribution in [0.2, 0.25) is 0 Å². The van der Waals surface area contributed by atoms with Gasteiger partial charge in [0.05, 0.1) is 25.4 Å². The van der Waals surface area contributed by atoms with Crippen molar-refractivity contribution in [3.8, 4) is 0 Å². The van der Waals surface area contributed by atoms with Crippen LogP contribution in [0.5, 0.6) is 0 Å². The van der Waals surface area contributed by atoms with Crippen LogP contribution in [0, 0.1) is 0 Å². The first kappa shape index (κ1) is 11.8. The Kier molecular flexibility index (Phi) is 3.75. The fourth-order valence-corrected chi connectivity index (χ4v) is 1.89. The van der Waals surface area contributed by atoms with Gasteiger partial charge in [0.1, 0.15) is 0 Å². The molecule has 0 aliphatic carbocycles. The summed E-state index contributed by atoms with van der Waals surface area (Å²) in [7, 11) is 0. The lowest BCUT2D eigenvalue weighted by Crippen LogP contribution is -2.49. The predicted octanol–water partition coefficient (Wildman–Crippen LogP) is -1.76. The molecule has 2 fully saturated rings. The van der Waals surface area contributed by atoms with E-state index in [9.17, 15) is 9.90 Å². The van der Waals surface area contributed by atoms with Crippen LogP contribution in [-0.2, 0) is 14.3 Å². The molecule has 0 aromatic heterocycles. The maximum Gasteiger partial charge on any atom is 0.251 e. The Balaban J connectivity index is 1.74. The van der Waals surface area contributed by atoms with Crippen molar-refractivity contribution in [2.45, 2.75) is 18.1 Å². The molecule has 2 atom stereocenters. The number of ether oxygens (including phenoxy) is 2. The highest BCUT2D eigenvalue weighted by Gasteiger charge is 2.32. The summed E-state index contributed by atoms with van der Waals surface area (Å²) in [5, 5.41) is 15.7. The Morgan fingerprint density at radius 2 is 2.44 bits per heavy atom. The summed E-state index contributed by atoms with van der Waals surface area (Å²) in [6.07, 6.45) is 0.127. The van der Waals surface area contributed by atoms with Crippen LogP contribution < -0.4 is 10.6 Å². The van der Waals surface area contributed by atoms with Gasteiger partial charge in [0.2, 0.25) is 0 Å². The zero-order chi connectivity index (χ0) is 11.4. The van der Waals surface area contributed by atoms with E-state index in [4.69, 9.17) is 9.47 Å². The van der Waals surface area contributed by atoms with Gasteiger partial charge >= 0.3 is 0 Å². The Bertz CT molecular complexity index is 247. The van der Waals surface area contributed by atoms with Crippen LogP contribution in [0.4, 0.5) is 0 Å². The standard InChI is InChI=1S/C10H18N2O4/c13-9(8-5-15-3-4-16-8)12-7-10(14)1-2-11-6-10/h8,11,14H,1-7H2,(H,12,13). The Morgan fingerprint density at radius 3 is 3.06 bits per heavy atom. The van der Waals surface area contributed by atoms with Crippen LogP contribution in [-0.4, -0.2) is 62.2 Å². The highest BCUT2D eigenvalue weighted by atomic mass is 16.6. The van der Waals surface area contributed by atoms with Gasteiger partial charge in [-0.05, 0) is 13.0 Å². The van der Waals surface area contributed by atoms with Gasteiger partial charge < -0.3 is 25.2 Å². The Morgan fingerprint density at radius 1 is 1.56 bits per heavy atom. The van der Waals surface area contributed by atoms with Crippen molar-refractivity contribution in [1.82, 2.24) is 10.6 Å². The number of hydrogen-bond acceptors (Lipinski definition) is 5. The minimum absolute atomic E-state index is 0.208. The normalized spacial score (nSPS) is 34.9. The monoisotopic (exact) mass is 230 g/mol. The third-order valence-electron chi connectivity index (χ3n) is 2.92. The average Bonchev–Trinajstić information content (AvgIpc) is 2.75. The zero-order valence-corrected chi connectivity index (χ0v) is 9.20. The summed E-state index contributed by atoms with van der Waals surface area (Å²) in [5.41, 5.74) is -0.814. The van der Waals surface area contributed by atoms with Crippen LogP contribution in [0.1, 0.15) is 6.42 Å². The number of rotatable bonds is 3. The second-order valence-corrected chi connectivity index (χ2v) is 4.30. The molecule has 0 aromatic rings. The summed E-state index contributed by atoms with van der Waals surface area (Å²) >= 11 is 0.